The summed E-state index contributed by atoms with van der Waals surface area (Å²) in [6, 6.07) is 3.03. The minimum absolute atomic E-state index is 0.580. The predicted molar refractivity (Wildman–Crippen MR) is 38.8 cm³/mol. The van der Waals surface area contributed by atoms with Crippen LogP contribution in [-0.2, 0) is 4.79 Å². The second kappa shape index (κ2) is 3.69. The van der Waals surface area contributed by atoms with Gasteiger partial charge >= 0.3 is 0 Å². The molecule has 0 aromatic heterocycles. The van der Waals surface area contributed by atoms with Crippen LogP contribution in [0, 0.1) is 11.6 Å². The molecule has 0 N–H and O–H groups in total. The number of rotatable bonds is 1. The molecule has 0 bridgehead atoms. The maximum atomic E-state index is 12.8. The Morgan fingerprint density at radius 2 is 2.08 bits per heavy atom. The lowest BCUT2D eigenvalue weighted by Gasteiger charge is -1.96. The van der Waals surface area contributed by atoms with Gasteiger partial charge in [0.1, 0.15) is 0 Å². The molecule has 0 atom stereocenters. The zero-order chi connectivity index (χ0) is 9.84. The van der Waals surface area contributed by atoms with Gasteiger partial charge in [0.2, 0.25) is 6.08 Å². The third-order valence-corrected chi connectivity index (χ3v) is 1.33. The summed E-state index contributed by atoms with van der Waals surface area (Å²) in [5.41, 5.74) is -0.580. The number of isocyanates is 1. The summed E-state index contributed by atoms with van der Waals surface area (Å²) in [5, 5.41) is 0. The number of benzene rings is 1. The van der Waals surface area contributed by atoms with Gasteiger partial charge in [-0.15, -0.1) is 4.99 Å². The van der Waals surface area contributed by atoms with E-state index in [1.807, 2.05) is 0 Å². The summed E-state index contributed by atoms with van der Waals surface area (Å²) in [6.07, 6.45) is 0.949. The molecular weight excluding hydrogens is 180 g/mol. The molecule has 0 aliphatic carbocycles. The van der Waals surface area contributed by atoms with Crippen molar-refractivity contribution in [3.63, 3.8) is 0 Å². The third kappa shape index (κ3) is 1.83. The fraction of sp³-hybridized carbons (Fsp3) is 0. The van der Waals surface area contributed by atoms with Crippen molar-refractivity contribution < 1.29 is 18.4 Å². The average molecular weight is 183 g/mol. The fourth-order valence-corrected chi connectivity index (χ4v) is 0.771. The van der Waals surface area contributed by atoms with E-state index in [0.717, 1.165) is 24.3 Å². The van der Waals surface area contributed by atoms with Crippen LogP contribution in [0.15, 0.2) is 23.2 Å². The van der Waals surface area contributed by atoms with Crippen LogP contribution in [-0.4, -0.2) is 12.0 Å². The number of halogens is 2. The van der Waals surface area contributed by atoms with E-state index in [1.54, 1.807) is 0 Å². The second-order valence-electron chi connectivity index (χ2n) is 2.11. The van der Waals surface area contributed by atoms with Gasteiger partial charge in [-0.05, 0) is 12.1 Å². The molecule has 1 aromatic carbocycles. The van der Waals surface area contributed by atoms with E-state index in [-0.39, 0.29) is 0 Å². The Bertz CT molecular complexity index is 397. The van der Waals surface area contributed by atoms with Gasteiger partial charge in [0, 0.05) is 0 Å². The number of hydrogen-bond donors (Lipinski definition) is 0. The molecule has 0 aliphatic heterocycles. The van der Waals surface area contributed by atoms with Crippen LogP contribution in [0.5, 0.6) is 0 Å². The van der Waals surface area contributed by atoms with Crippen molar-refractivity contribution in [3.8, 4) is 0 Å². The molecule has 5 heteroatoms. The van der Waals surface area contributed by atoms with Gasteiger partial charge in [-0.3, -0.25) is 4.79 Å². The highest BCUT2D eigenvalue weighted by molar-refractivity contribution is 5.97. The molecule has 3 nitrogen and oxygen atoms in total. The summed E-state index contributed by atoms with van der Waals surface area (Å²) >= 11 is 0. The van der Waals surface area contributed by atoms with Crippen LogP contribution in [0.3, 0.4) is 0 Å². The highest BCUT2D eigenvalue weighted by atomic mass is 19.2. The second-order valence-corrected chi connectivity index (χ2v) is 2.11. The molecule has 1 rings (SSSR count). The van der Waals surface area contributed by atoms with E-state index in [0.29, 0.717) is 0 Å². The van der Waals surface area contributed by atoms with E-state index in [9.17, 15) is 18.4 Å². The lowest BCUT2D eigenvalue weighted by atomic mass is 10.2. The van der Waals surface area contributed by atoms with E-state index in [1.165, 1.54) is 0 Å². The van der Waals surface area contributed by atoms with Gasteiger partial charge in [-0.1, -0.05) is 6.07 Å². The summed E-state index contributed by atoms with van der Waals surface area (Å²) in [4.78, 5) is 23.1. The van der Waals surface area contributed by atoms with Crippen LogP contribution >= 0.6 is 0 Å². The molecule has 0 radical (unpaired) electrons. The van der Waals surface area contributed by atoms with Crippen molar-refractivity contribution in [2.45, 2.75) is 0 Å². The minimum atomic E-state index is -1.31. The molecule has 13 heavy (non-hydrogen) atoms. The van der Waals surface area contributed by atoms with Gasteiger partial charge in [0.05, 0.1) is 5.56 Å². The summed E-state index contributed by atoms with van der Waals surface area (Å²) < 4.78 is 25.3. The van der Waals surface area contributed by atoms with Crippen LogP contribution in [0.2, 0.25) is 0 Å². The summed E-state index contributed by atoms with van der Waals surface area (Å²) in [7, 11) is 0. The first-order valence-corrected chi connectivity index (χ1v) is 3.23. The zero-order valence-electron chi connectivity index (χ0n) is 6.25. The lowest BCUT2D eigenvalue weighted by Crippen LogP contribution is -2.00. The van der Waals surface area contributed by atoms with Crippen molar-refractivity contribution in [2.75, 3.05) is 0 Å². The van der Waals surface area contributed by atoms with Gasteiger partial charge < -0.3 is 0 Å². The van der Waals surface area contributed by atoms with Crippen LogP contribution in [0.4, 0.5) is 8.78 Å². The molecule has 0 fully saturated rings. The summed E-state index contributed by atoms with van der Waals surface area (Å²) in [6.45, 7) is 0. The van der Waals surface area contributed by atoms with Crippen LogP contribution in [0.1, 0.15) is 10.4 Å². The molecular formula is C8H3F2NO2. The first-order valence-electron chi connectivity index (χ1n) is 3.23. The Morgan fingerprint density at radius 1 is 1.38 bits per heavy atom. The standard InChI is InChI=1S/C8H3F2NO2/c9-6-3-1-2-5(7(6)10)8(13)11-4-12/h1-3H. The molecule has 0 heterocycles. The van der Waals surface area contributed by atoms with Crippen molar-refractivity contribution in [1.82, 2.24) is 0 Å². The zero-order valence-corrected chi connectivity index (χ0v) is 6.25. The van der Waals surface area contributed by atoms with E-state index in [4.69, 9.17) is 0 Å². The highest BCUT2D eigenvalue weighted by Gasteiger charge is 2.13. The Balaban J connectivity index is 3.22. The maximum Gasteiger partial charge on any atom is 0.290 e. The predicted octanol–water partition coefficient (Wildman–Crippen LogP) is 1.44. The minimum Gasteiger partial charge on any atom is -0.266 e. The number of nitrogens with zero attached hydrogens (tertiary/aromatic N) is 1. The molecule has 0 aliphatic rings. The molecule has 0 spiro atoms. The summed E-state index contributed by atoms with van der Waals surface area (Å²) in [5.74, 6) is -3.62. The Labute approximate surface area is 71.7 Å². The quantitative estimate of drug-likeness (QED) is 0.488. The number of carbonyl (C=O) groups excluding carboxylic acids is 2. The van der Waals surface area contributed by atoms with Crippen molar-refractivity contribution in [3.05, 3.63) is 35.4 Å². The van der Waals surface area contributed by atoms with Gasteiger partial charge in [-0.25, -0.2) is 13.6 Å². The normalized spacial score (nSPS) is 9.08. The largest absolute Gasteiger partial charge is 0.290 e. The number of carbonyl (C=O) groups is 1. The van der Waals surface area contributed by atoms with E-state index >= 15 is 0 Å². The molecule has 0 unspecified atom stereocenters. The van der Waals surface area contributed by atoms with Crippen molar-refractivity contribution in [2.24, 2.45) is 4.99 Å². The van der Waals surface area contributed by atoms with Gasteiger partial charge in [-0.2, -0.15) is 0 Å². The third-order valence-electron chi connectivity index (χ3n) is 1.33. The molecule has 1 amide bonds. The smallest absolute Gasteiger partial charge is 0.266 e. The number of hydrogen-bond acceptors (Lipinski definition) is 2. The monoisotopic (exact) mass is 183 g/mol. The van der Waals surface area contributed by atoms with E-state index in [2.05, 4.69) is 4.99 Å². The van der Waals surface area contributed by atoms with Crippen LogP contribution in [0.25, 0.3) is 0 Å². The Kier molecular flexibility index (Phi) is 2.62. The lowest BCUT2D eigenvalue weighted by molar-refractivity contribution is 0.0998. The van der Waals surface area contributed by atoms with Crippen molar-refractivity contribution >= 4 is 12.0 Å². The molecule has 1 aromatic rings. The number of aliphatic imine (C=N–C) groups is 1. The number of amides is 1. The molecule has 0 saturated carbocycles. The Hall–Kier alpha value is -1.87. The maximum absolute atomic E-state index is 12.8. The van der Waals surface area contributed by atoms with Crippen LogP contribution < -0.4 is 0 Å². The Morgan fingerprint density at radius 3 is 2.69 bits per heavy atom. The van der Waals surface area contributed by atoms with Gasteiger partial charge in [0.25, 0.3) is 5.91 Å². The van der Waals surface area contributed by atoms with E-state index < -0.39 is 23.1 Å². The van der Waals surface area contributed by atoms with Gasteiger partial charge in [0.15, 0.2) is 11.6 Å². The topological polar surface area (TPSA) is 46.5 Å². The molecule has 0 saturated heterocycles. The first-order chi connectivity index (χ1) is 6.16. The first kappa shape index (κ1) is 9.22. The average Bonchev–Trinajstić information content (AvgIpc) is 2.10. The van der Waals surface area contributed by atoms with Crippen molar-refractivity contribution in [1.29, 1.82) is 0 Å². The molecule has 66 valence electrons. The SMILES string of the molecule is O=C=NC(=O)c1cccc(F)c1F. The highest BCUT2D eigenvalue weighted by Crippen LogP contribution is 2.11. The fourth-order valence-electron chi connectivity index (χ4n) is 0.771.